The number of rotatable bonds is 6. The molecule has 2 fully saturated rings. The van der Waals surface area contributed by atoms with Gasteiger partial charge in [-0.15, -0.1) is 0 Å². The van der Waals surface area contributed by atoms with Crippen molar-refractivity contribution in [3.05, 3.63) is 52.1 Å². The van der Waals surface area contributed by atoms with Crippen LogP contribution in [0.5, 0.6) is 0 Å². The summed E-state index contributed by atoms with van der Waals surface area (Å²) >= 11 is 0. The van der Waals surface area contributed by atoms with Crippen molar-refractivity contribution in [3.8, 4) is 0 Å². The van der Waals surface area contributed by atoms with Crippen LogP contribution in [-0.2, 0) is 28.9 Å². The van der Waals surface area contributed by atoms with Gasteiger partial charge in [0.1, 0.15) is 5.82 Å². The van der Waals surface area contributed by atoms with Crippen molar-refractivity contribution in [2.45, 2.75) is 76.7 Å². The van der Waals surface area contributed by atoms with Crippen molar-refractivity contribution in [2.24, 2.45) is 0 Å². The lowest BCUT2D eigenvalue weighted by Crippen LogP contribution is -2.42. The predicted octanol–water partition coefficient (Wildman–Crippen LogP) is 4.93. The zero-order valence-electron chi connectivity index (χ0n) is 21.6. The van der Waals surface area contributed by atoms with Crippen LogP contribution in [-0.4, -0.2) is 58.8 Å². The van der Waals surface area contributed by atoms with Crippen LogP contribution in [0.15, 0.2) is 18.2 Å². The first-order valence-electron chi connectivity index (χ1n) is 14.1. The molecule has 6 nitrogen and oxygen atoms in total. The second kappa shape index (κ2) is 10.4. The standard InChI is InChI=1S/C30H37FN4O2/c31-20-10-12-27-24(17-20)25(30(37)33-27)18-28-23(22-8-2-1-3-9-26(22)32-28)11-13-29(36)35-16-6-7-21(35)19-34-14-4-5-15-34/h10,12,17-18,21,32H,1-9,11,13-16,19H2,(H,33,37)/b25-18-/t21-/m0/s1. The molecule has 4 aliphatic rings. The van der Waals surface area contributed by atoms with Gasteiger partial charge in [0.15, 0.2) is 0 Å². The number of benzene rings is 1. The number of carbonyl (C=O) groups is 2. The van der Waals surface area contributed by atoms with Crippen LogP contribution in [0.2, 0.25) is 0 Å². The third kappa shape index (κ3) is 4.98. The zero-order valence-corrected chi connectivity index (χ0v) is 21.6. The fourth-order valence-corrected chi connectivity index (χ4v) is 6.80. The van der Waals surface area contributed by atoms with Crippen molar-refractivity contribution in [1.82, 2.24) is 14.8 Å². The normalized spacial score (nSPS) is 22.8. The molecule has 2 saturated heterocycles. The maximum absolute atomic E-state index is 14.0. The molecule has 1 aliphatic carbocycles. The molecule has 2 amide bonds. The van der Waals surface area contributed by atoms with E-state index in [-0.39, 0.29) is 17.6 Å². The average Bonchev–Trinajstić information content (AvgIpc) is 3.65. The average molecular weight is 505 g/mol. The molecule has 0 bridgehead atoms. The van der Waals surface area contributed by atoms with E-state index in [0.29, 0.717) is 35.7 Å². The third-order valence-corrected chi connectivity index (χ3v) is 8.70. The number of fused-ring (bicyclic) bond motifs is 2. The number of amides is 2. The van der Waals surface area contributed by atoms with Gasteiger partial charge in [0.25, 0.3) is 5.91 Å². The summed E-state index contributed by atoms with van der Waals surface area (Å²) in [5, 5.41) is 2.86. The van der Waals surface area contributed by atoms with Crippen LogP contribution in [0, 0.1) is 5.82 Å². The van der Waals surface area contributed by atoms with Gasteiger partial charge in [-0.05, 0) is 106 Å². The fourth-order valence-electron chi connectivity index (χ4n) is 6.80. The highest BCUT2D eigenvalue weighted by molar-refractivity contribution is 6.34. The second-order valence-corrected chi connectivity index (χ2v) is 11.1. The van der Waals surface area contributed by atoms with E-state index in [2.05, 4.69) is 20.1 Å². The van der Waals surface area contributed by atoms with Gasteiger partial charge in [0.2, 0.25) is 5.91 Å². The first-order chi connectivity index (χ1) is 18.1. The van der Waals surface area contributed by atoms with Crippen molar-refractivity contribution < 1.29 is 14.0 Å². The highest BCUT2D eigenvalue weighted by atomic mass is 19.1. The van der Waals surface area contributed by atoms with Crippen molar-refractivity contribution in [3.63, 3.8) is 0 Å². The molecular formula is C30H37FN4O2. The molecule has 0 radical (unpaired) electrons. The number of nitrogens with one attached hydrogen (secondary N) is 2. The number of carbonyl (C=O) groups excluding carboxylic acids is 2. The molecule has 0 saturated carbocycles. The minimum absolute atomic E-state index is 0.214. The quantitative estimate of drug-likeness (QED) is 0.433. The number of aryl methyl sites for hydroxylation is 1. The molecule has 6 rings (SSSR count). The molecule has 4 heterocycles. The van der Waals surface area contributed by atoms with Crippen LogP contribution < -0.4 is 5.32 Å². The number of aromatic nitrogens is 1. The molecule has 2 N–H and O–H groups in total. The van der Waals surface area contributed by atoms with Gasteiger partial charge in [-0.3, -0.25) is 9.59 Å². The van der Waals surface area contributed by atoms with Gasteiger partial charge in [-0.25, -0.2) is 4.39 Å². The molecule has 3 aliphatic heterocycles. The molecule has 196 valence electrons. The molecule has 7 heteroatoms. The Hall–Kier alpha value is -2.93. The van der Waals surface area contributed by atoms with Gasteiger partial charge in [-0.2, -0.15) is 0 Å². The van der Waals surface area contributed by atoms with E-state index < -0.39 is 0 Å². The Labute approximate surface area is 218 Å². The molecule has 1 aromatic carbocycles. The van der Waals surface area contributed by atoms with Crippen LogP contribution in [0.3, 0.4) is 0 Å². The van der Waals surface area contributed by atoms with E-state index in [1.165, 1.54) is 42.7 Å². The third-order valence-electron chi connectivity index (χ3n) is 8.70. The first-order valence-corrected chi connectivity index (χ1v) is 14.1. The minimum atomic E-state index is -0.358. The van der Waals surface area contributed by atoms with Crippen molar-refractivity contribution in [2.75, 3.05) is 31.5 Å². The molecule has 0 spiro atoms. The van der Waals surface area contributed by atoms with Crippen molar-refractivity contribution in [1.29, 1.82) is 0 Å². The summed E-state index contributed by atoms with van der Waals surface area (Å²) in [7, 11) is 0. The summed E-state index contributed by atoms with van der Waals surface area (Å²) < 4.78 is 14.0. The fraction of sp³-hybridized carbons (Fsp3) is 0.533. The van der Waals surface area contributed by atoms with Gasteiger partial charge in [0.05, 0.1) is 5.57 Å². The molecule has 1 aromatic heterocycles. The summed E-state index contributed by atoms with van der Waals surface area (Å²) in [6.07, 6.45) is 13.2. The molecule has 0 unspecified atom stereocenters. The van der Waals surface area contributed by atoms with E-state index >= 15 is 0 Å². The molecule has 37 heavy (non-hydrogen) atoms. The Balaban J connectivity index is 1.25. The molecule has 1 atom stereocenters. The molecular weight excluding hydrogens is 467 g/mol. The molecule has 2 aromatic rings. The number of nitrogens with zero attached hydrogens (tertiary/aromatic N) is 2. The van der Waals surface area contributed by atoms with Crippen LogP contribution in [0.1, 0.15) is 79.4 Å². The Bertz CT molecular complexity index is 1230. The van der Waals surface area contributed by atoms with E-state index in [9.17, 15) is 14.0 Å². The highest BCUT2D eigenvalue weighted by Gasteiger charge is 2.31. The lowest BCUT2D eigenvalue weighted by molar-refractivity contribution is -0.132. The summed E-state index contributed by atoms with van der Waals surface area (Å²) in [6.45, 7) is 4.19. The van der Waals surface area contributed by atoms with Gasteiger partial charge in [0, 0.05) is 48.2 Å². The maximum atomic E-state index is 14.0. The Kier molecular flexibility index (Phi) is 6.89. The Morgan fingerprint density at radius 3 is 2.76 bits per heavy atom. The monoisotopic (exact) mass is 504 g/mol. The number of anilines is 1. The van der Waals surface area contributed by atoms with Gasteiger partial charge >= 0.3 is 0 Å². The lowest BCUT2D eigenvalue weighted by atomic mass is 9.97. The van der Waals surface area contributed by atoms with Gasteiger partial charge < -0.3 is 20.1 Å². The summed E-state index contributed by atoms with van der Waals surface area (Å²) in [5.41, 5.74) is 6.33. The Morgan fingerprint density at radius 1 is 1.05 bits per heavy atom. The Morgan fingerprint density at radius 2 is 1.89 bits per heavy atom. The minimum Gasteiger partial charge on any atom is -0.358 e. The smallest absolute Gasteiger partial charge is 0.256 e. The topological polar surface area (TPSA) is 68.4 Å². The number of halogens is 1. The van der Waals surface area contributed by atoms with E-state index in [1.807, 2.05) is 6.08 Å². The van der Waals surface area contributed by atoms with Crippen LogP contribution in [0.4, 0.5) is 10.1 Å². The number of aromatic amines is 1. The zero-order chi connectivity index (χ0) is 25.4. The van der Waals surface area contributed by atoms with E-state index in [0.717, 1.165) is 76.0 Å². The number of hydrogen-bond acceptors (Lipinski definition) is 3. The first kappa shape index (κ1) is 24.4. The lowest BCUT2D eigenvalue weighted by Gasteiger charge is -2.28. The number of likely N-dealkylation sites (tertiary alicyclic amines) is 2. The highest BCUT2D eigenvalue weighted by Crippen LogP contribution is 2.36. The van der Waals surface area contributed by atoms with Gasteiger partial charge in [-0.1, -0.05) is 6.42 Å². The second-order valence-electron chi connectivity index (χ2n) is 11.1. The summed E-state index contributed by atoms with van der Waals surface area (Å²) in [4.78, 5) is 34.5. The number of hydrogen-bond donors (Lipinski definition) is 2. The maximum Gasteiger partial charge on any atom is 0.256 e. The largest absolute Gasteiger partial charge is 0.358 e. The number of H-pyrrole nitrogens is 1. The SMILES string of the molecule is O=C1Nc2ccc(F)cc2/C1=C/c1[nH]c2c(c1CCC(=O)N1CCC[C@H]1CN1CCCC1)CCCCC2. The predicted molar refractivity (Wildman–Crippen MR) is 144 cm³/mol. The summed E-state index contributed by atoms with van der Waals surface area (Å²) in [6, 6.07) is 4.74. The van der Waals surface area contributed by atoms with Crippen LogP contribution >= 0.6 is 0 Å². The van der Waals surface area contributed by atoms with E-state index in [1.54, 1.807) is 6.07 Å². The van der Waals surface area contributed by atoms with E-state index in [4.69, 9.17) is 0 Å². The van der Waals surface area contributed by atoms with Crippen molar-refractivity contribution >= 4 is 29.2 Å². The summed E-state index contributed by atoms with van der Waals surface area (Å²) in [5.74, 6) is -0.326. The van der Waals surface area contributed by atoms with Crippen LogP contribution in [0.25, 0.3) is 11.6 Å².